The van der Waals surface area contributed by atoms with E-state index in [1.54, 1.807) is 0 Å². The summed E-state index contributed by atoms with van der Waals surface area (Å²) in [5.41, 5.74) is 3.64. The topological polar surface area (TPSA) is 66.5 Å². The third-order valence-corrected chi connectivity index (χ3v) is 7.25. The minimum atomic E-state index is -3.22. The zero-order valence-electron chi connectivity index (χ0n) is 17.6. The molecule has 1 amide bonds. The number of likely N-dealkylation sites (tertiary alicyclic amines) is 1. The molecule has 1 saturated heterocycles. The summed E-state index contributed by atoms with van der Waals surface area (Å²) in [6.07, 6.45) is 3.47. The highest BCUT2D eigenvalue weighted by atomic mass is 32.2. The van der Waals surface area contributed by atoms with Crippen LogP contribution in [0.1, 0.15) is 37.7 Å². The third kappa shape index (κ3) is 4.60. The summed E-state index contributed by atoms with van der Waals surface area (Å²) in [5, 5.41) is 0. The van der Waals surface area contributed by atoms with Crippen LogP contribution in [0.2, 0.25) is 0 Å². The Kier molecular flexibility index (Phi) is 5.98. The number of amides is 1. The Labute approximate surface area is 179 Å². The van der Waals surface area contributed by atoms with E-state index in [0.29, 0.717) is 25.4 Å². The van der Waals surface area contributed by atoms with Gasteiger partial charge in [0.2, 0.25) is 15.9 Å². The fourth-order valence-electron chi connectivity index (χ4n) is 4.93. The number of nitrogens with one attached hydrogen (secondary N) is 1. The zero-order valence-corrected chi connectivity index (χ0v) is 18.4. The maximum atomic E-state index is 13.3. The molecule has 160 valence electrons. The average molecular weight is 427 g/mol. The molecule has 1 aliphatic carbocycles. The summed E-state index contributed by atoms with van der Waals surface area (Å²) in [4.78, 5) is 15.3. The van der Waals surface area contributed by atoms with Gasteiger partial charge >= 0.3 is 0 Å². The van der Waals surface area contributed by atoms with Crippen molar-refractivity contribution in [1.82, 2.24) is 9.62 Å². The van der Waals surface area contributed by atoms with Gasteiger partial charge in [0.1, 0.15) is 0 Å². The van der Waals surface area contributed by atoms with Crippen molar-refractivity contribution in [2.75, 3.05) is 19.3 Å². The fraction of sp³-hybridized carbons (Fsp3) is 0.458. The normalized spacial score (nSPS) is 26.8. The van der Waals surface area contributed by atoms with Crippen LogP contribution in [0.3, 0.4) is 0 Å². The van der Waals surface area contributed by atoms with Crippen molar-refractivity contribution in [1.29, 1.82) is 0 Å². The summed E-state index contributed by atoms with van der Waals surface area (Å²) in [5.74, 6) is 0.780. The maximum absolute atomic E-state index is 13.3. The van der Waals surface area contributed by atoms with Gasteiger partial charge in [-0.25, -0.2) is 13.1 Å². The first-order valence-electron chi connectivity index (χ1n) is 10.8. The predicted molar refractivity (Wildman–Crippen MR) is 119 cm³/mol. The van der Waals surface area contributed by atoms with E-state index in [1.807, 2.05) is 23.1 Å². The number of sulfonamides is 1. The number of carbonyl (C=O) groups is 1. The van der Waals surface area contributed by atoms with Crippen molar-refractivity contribution >= 4 is 15.9 Å². The molecule has 1 saturated carbocycles. The Morgan fingerprint density at radius 2 is 1.70 bits per heavy atom. The Balaban J connectivity index is 1.48. The lowest BCUT2D eigenvalue weighted by molar-refractivity contribution is -0.132. The molecule has 4 unspecified atom stereocenters. The van der Waals surface area contributed by atoms with Crippen LogP contribution >= 0.6 is 0 Å². The molecule has 1 N–H and O–H groups in total. The van der Waals surface area contributed by atoms with Crippen LogP contribution < -0.4 is 4.72 Å². The largest absolute Gasteiger partial charge is 0.342 e. The number of carbonyl (C=O) groups excluding carboxylic acids is 1. The van der Waals surface area contributed by atoms with Crippen molar-refractivity contribution in [3.05, 3.63) is 60.2 Å². The molecule has 2 aliphatic rings. The van der Waals surface area contributed by atoms with E-state index in [2.05, 4.69) is 48.0 Å². The molecule has 2 fully saturated rings. The summed E-state index contributed by atoms with van der Waals surface area (Å²) < 4.78 is 25.8. The Hall–Kier alpha value is -2.18. The van der Waals surface area contributed by atoms with Crippen LogP contribution in [0.25, 0.3) is 11.1 Å². The molecule has 5 nitrogen and oxygen atoms in total. The zero-order chi connectivity index (χ0) is 21.3. The summed E-state index contributed by atoms with van der Waals surface area (Å²) >= 11 is 0. The molecular weight excluding hydrogens is 396 g/mol. The van der Waals surface area contributed by atoms with Crippen molar-refractivity contribution in [3.63, 3.8) is 0 Å². The van der Waals surface area contributed by atoms with Gasteiger partial charge in [-0.1, -0.05) is 61.5 Å². The minimum Gasteiger partial charge on any atom is -0.342 e. The van der Waals surface area contributed by atoms with E-state index >= 15 is 0 Å². The second-order valence-electron chi connectivity index (χ2n) is 8.71. The number of hydrogen-bond acceptors (Lipinski definition) is 3. The van der Waals surface area contributed by atoms with Crippen LogP contribution in [-0.2, 0) is 14.8 Å². The lowest BCUT2D eigenvalue weighted by atomic mass is 9.95. The molecule has 0 spiro atoms. The summed E-state index contributed by atoms with van der Waals surface area (Å²) in [6, 6.07) is 18.7. The van der Waals surface area contributed by atoms with E-state index in [1.165, 1.54) is 22.9 Å². The first kappa shape index (κ1) is 21.1. The van der Waals surface area contributed by atoms with E-state index in [0.717, 1.165) is 12.8 Å². The monoisotopic (exact) mass is 426 g/mol. The molecule has 0 bridgehead atoms. The van der Waals surface area contributed by atoms with Gasteiger partial charge in [0, 0.05) is 25.0 Å². The second kappa shape index (κ2) is 8.52. The molecule has 4 rings (SSSR count). The molecule has 0 aromatic heterocycles. The average Bonchev–Trinajstić information content (AvgIpc) is 3.44. The van der Waals surface area contributed by atoms with Gasteiger partial charge in [0.25, 0.3) is 0 Å². The van der Waals surface area contributed by atoms with Gasteiger partial charge in [0.05, 0.1) is 6.26 Å². The maximum Gasteiger partial charge on any atom is 0.226 e. The van der Waals surface area contributed by atoms with Crippen molar-refractivity contribution < 1.29 is 13.2 Å². The SMILES string of the molecule is CC1C(C(=O)N2CCCC(NS(C)(=O)=O)CC2)C1c1ccccc1-c1ccccc1. The second-order valence-corrected chi connectivity index (χ2v) is 10.5. The highest BCUT2D eigenvalue weighted by Crippen LogP contribution is 2.56. The molecular formula is C24H30N2O3S. The first-order chi connectivity index (χ1) is 14.3. The van der Waals surface area contributed by atoms with E-state index in [-0.39, 0.29) is 23.8 Å². The summed E-state index contributed by atoms with van der Waals surface area (Å²) in [6.45, 7) is 3.49. The van der Waals surface area contributed by atoms with Crippen LogP contribution in [0.4, 0.5) is 0 Å². The van der Waals surface area contributed by atoms with Gasteiger partial charge in [-0.15, -0.1) is 0 Å². The molecule has 1 aliphatic heterocycles. The Morgan fingerprint density at radius 1 is 1.00 bits per heavy atom. The van der Waals surface area contributed by atoms with Gasteiger partial charge in [0.15, 0.2) is 0 Å². The first-order valence-corrected chi connectivity index (χ1v) is 12.6. The van der Waals surface area contributed by atoms with E-state index < -0.39 is 10.0 Å². The molecule has 2 aromatic rings. The third-order valence-electron chi connectivity index (χ3n) is 6.49. The van der Waals surface area contributed by atoms with Crippen molar-refractivity contribution in [2.24, 2.45) is 11.8 Å². The van der Waals surface area contributed by atoms with Crippen LogP contribution in [-0.4, -0.2) is 44.6 Å². The molecule has 30 heavy (non-hydrogen) atoms. The van der Waals surface area contributed by atoms with Crippen LogP contribution in [0.15, 0.2) is 54.6 Å². The standard InChI is InChI=1S/C24H30N2O3S/c1-17-22(21-13-7-6-12-20(21)18-9-4-3-5-10-18)23(17)24(27)26-15-8-11-19(14-16-26)25-30(2,28)29/h3-7,9-10,12-13,17,19,22-23,25H,8,11,14-16H2,1-2H3. The Morgan fingerprint density at radius 3 is 2.43 bits per heavy atom. The van der Waals surface area contributed by atoms with E-state index in [4.69, 9.17) is 0 Å². The van der Waals surface area contributed by atoms with Gasteiger partial charge in [-0.05, 0) is 47.8 Å². The molecule has 4 atom stereocenters. The predicted octanol–water partition coefficient (Wildman–Crippen LogP) is 3.63. The Bertz CT molecular complexity index is 1010. The minimum absolute atomic E-state index is 0.00859. The molecule has 1 heterocycles. The fourth-order valence-corrected chi connectivity index (χ4v) is 5.78. The van der Waals surface area contributed by atoms with Crippen LogP contribution in [0, 0.1) is 11.8 Å². The molecule has 6 heteroatoms. The highest BCUT2D eigenvalue weighted by molar-refractivity contribution is 7.88. The van der Waals surface area contributed by atoms with E-state index in [9.17, 15) is 13.2 Å². The van der Waals surface area contributed by atoms with Crippen molar-refractivity contribution in [3.8, 4) is 11.1 Å². The highest BCUT2D eigenvalue weighted by Gasteiger charge is 2.54. The lowest BCUT2D eigenvalue weighted by Gasteiger charge is -2.21. The molecule has 2 aromatic carbocycles. The smallest absolute Gasteiger partial charge is 0.226 e. The quantitative estimate of drug-likeness (QED) is 0.794. The van der Waals surface area contributed by atoms with Gasteiger partial charge < -0.3 is 4.90 Å². The number of hydrogen-bond donors (Lipinski definition) is 1. The number of benzene rings is 2. The number of rotatable bonds is 5. The van der Waals surface area contributed by atoms with Gasteiger partial charge in [-0.2, -0.15) is 0 Å². The van der Waals surface area contributed by atoms with Gasteiger partial charge in [-0.3, -0.25) is 4.79 Å². The van der Waals surface area contributed by atoms with Crippen LogP contribution in [0.5, 0.6) is 0 Å². The molecule has 0 radical (unpaired) electrons. The lowest BCUT2D eigenvalue weighted by Crippen LogP contribution is -2.37. The number of nitrogens with zero attached hydrogens (tertiary/aromatic N) is 1. The summed E-state index contributed by atoms with van der Waals surface area (Å²) in [7, 11) is -3.22. The van der Waals surface area contributed by atoms with Crippen molar-refractivity contribution in [2.45, 2.75) is 38.1 Å².